The van der Waals surface area contributed by atoms with E-state index < -0.39 is 41.4 Å². The molecule has 2 atom stereocenters. The lowest BCUT2D eigenvalue weighted by molar-refractivity contribution is -0.126. The van der Waals surface area contributed by atoms with Crippen molar-refractivity contribution in [1.82, 2.24) is 9.97 Å². The fourth-order valence-corrected chi connectivity index (χ4v) is 6.30. The van der Waals surface area contributed by atoms with Gasteiger partial charge < -0.3 is 0 Å². The van der Waals surface area contributed by atoms with Crippen molar-refractivity contribution in [1.29, 1.82) is 10.5 Å². The van der Waals surface area contributed by atoms with Gasteiger partial charge in [0.1, 0.15) is 29.7 Å². The van der Waals surface area contributed by atoms with Crippen LogP contribution in [0.5, 0.6) is 0 Å². The lowest BCUT2D eigenvalue weighted by Crippen LogP contribution is -2.50. The van der Waals surface area contributed by atoms with Crippen LogP contribution in [0.15, 0.2) is 54.7 Å². The summed E-state index contributed by atoms with van der Waals surface area (Å²) in [4.78, 5) is 52.3. The molecule has 5 rings (SSSR count). The number of benzene rings is 2. The molecule has 1 saturated heterocycles. The number of aromatic nitrogens is 2. The number of hydrogen-bond donors (Lipinski definition) is 0. The zero-order valence-electron chi connectivity index (χ0n) is 24.5. The molecule has 1 aromatic heterocycles. The first-order chi connectivity index (χ1) is 22.0. The highest BCUT2D eigenvalue weighted by atomic mass is 35.5. The molecule has 2 aromatic carbocycles. The monoisotopic (exact) mass is 648 g/mol. The van der Waals surface area contributed by atoms with Gasteiger partial charge in [-0.1, -0.05) is 29.8 Å². The van der Waals surface area contributed by atoms with E-state index in [1.165, 1.54) is 24.4 Å². The topological polar surface area (TPSA) is 131 Å². The van der Waals surface area contributed by atoms with Gasteiger partial charge in [0.15, 0.2) is 5.78 Å². The molecule has 1 saturated carbocycles. The van der Waals surface area contributed by atoms with Crippen LogP contribution >= 0.6 is 11.6 Å². The molecule has 0 radical (unpaired) electrons. The van der Waals surface area contributed by atoms with Crippen LogP contribution in [0.1, 0.15) is 74.2 Å². The third-order valence-corrected chi connectivity index (χ3v) is 8.74. The zero-order chi connectivity index (χ0) is 33.0. The van der Waals surface area contributed by atoms with Crippen LogP contribution in [0.2, 0.25) is 5.02 Å². The molecule has 236 valence electrons. The van der Waals surface area contributed by atoms with Crippen molar-refractivity contribution < 1.29 is 27.6 Å². The Morgan fingerprint density at radius 1 is 1.09 bits per heavy atom. The predicted octanol–water partition coefficient (Wildman–Crippen LogP) is 6.46. The van der Waals surface area contributed by atoms with E-state index >= 15 is 0 Å². The van der Waals surface area contributed by atoms with Crippen LogP contribution in [0.3, 0.4) is 0 Å². The van der Waals surface area contributed by atoms with Crippen LogP contribution in [0.25, 0.3) is 0 Å². The summed E-state index contributed by atoms with van der Waals surface area (Å²) in [6.07, 6.45) is 1.32. The molecule has 0 N–H and O–H groups in total. The second kappa shape index (κ2) is 13.7. The number of Topliss-reactive ketones (excluding diaryl/α,β-unsaturated/α-hetero) is 1. The second-order valence-electron chi connectivity index (χ2n) is 11.4. The molecule has 2 amide bonds. The molecule has 2 fully saturated rings. The van der Waals surface area contributed by atoms with E-state index in [1.54, 1.807) is 18.2 Å². The van der Waals surface area contributed by atoms with E-state index in [4.69, 9.17) is 11.6 Å². The molecule has 46 heavy (non-hydrogen) atoms. The summed E-state index contributed by atoms with van der Waals surface area (Å²) < 4.78 is 42.5. The van der Waals surface area contributed by atoms with Gasteiger partial charge in [0, 0.05) is 48.2 Å². The van der Waals surface area contributed by atoms with Crippen molar-refractivity contribution in [2.75, 3.05) is 9.80 Å². The Balaban J connectivity index is 1.59. The summed E-state index contributed by atoms with van der Waals surface area (Å²) in [7, 11) is 0. The zero-order valence-corrected chi connectivity index (χ0v) is 25.3. The maximum Gasteiger partial charge on any atom is 0.251 e. The quantitative estimate of drug-likeness (QED) is 0.260. The second-order valence-corrected chi connectivity index (χ2v) is 11.8. The van der Waals surface area contributed by atoms with Crippen molar-refractivity contribution in [3.8, 4) is 12.1 Å². The van der Waals surface area contributed by atoms with Crippen molar-refractivity contribution in [3.05, 3.63) is 82.4 Å². The van der Waals surface area contributed by atoms with Crippen molar-refractivity contribution >= 4 is 40.8 Å². The molecular weight excluding hydrogens is 621 g/mol. The lowest BCUT2D eigenvalue weighted by Gasteiger charge is -2.36. The van der Waals surface area contributed by atoms with Crippen LogP contribution in [0, 0.1) is 34.4 Å². The first-order valence-electron chi connectivity index (χ1n) is 14.8. The van der Waals surface area contributed by atoms with Crippen LogP contribution in [-0.4, -0.2) is 39.5 Å². The summed E-state index contributed by atoms with van der Waals surface area (Å²) in [6, 6.07) is 11.9. The highest BCUT2D eigenvalue weighted by Gasteiger charge is 2.45. The number of anilines is 2. The minimum absolute atomic E-state index is 0.00551. The average molecular weight is 649 g/mol. The molecule has 13 heteroatoms. The molecule has 2 heterocycles. The lowest BCUT2D eigenvalue weighted by atomic mass is 9.82. The van der Waals surface area contributed by atoms with Gasteiger partial charge in [0.2, 0.25) is 17.8 Å². The first kappa shape index (κ1) is 32.6. The average Bonchev–Trinajstić information content (AvgIpc) is 3.44. The number of carbonyl (C=O) groups is 3. The first-order valence-corrected chi connectivity index (χ1v) is 15.1. The minimum atomic E-state index is -2.74. The van der Waals surface area contributed by atoms with E-state index in [0.717, 1.165) is 21.9 Å². The van der Waals surface area contributed by atoms with Gasteiger partial charge in [-0.25, -0.2) is 23.1 Å². The van der Waals surface area contributed by atoms with Gasteiger partial charge >= 0.3 is 0 Å². The van der Waals surface area contributed by atoms with Crippen LogP contribution in [-0.2, 0) is 14.4 Å². The molecular formula is C33H28ClF3N6O3. The van der Waals surface area contributed by atoms with Gasteiger partial charge in [-0.2, -0.15) is 10.5 Å². The van der Waals surface area contributed by atoms with Crippen molar-refractivity contribution in [2.45, 2.75) is 69.4 Å². The smallest absolute Gasteiger partial charge is 0.251 e. The Kier molecular flexibility index (Phi) is 9.68. The van der Waals surface area contributed by atoms with Crippen LogP contribution < -0.4 is 9.80 Å². The molecule has 0 spiro atoms. The third-order valence-electron chi connectivity index (χ3n) is 8.40. The van der Waals surface area contributed by atoms with Gasteiger partial charge in [-0.05, 0) is 61.9 Å². The molecule has 2 aliphatic rings. The van der Waals surface area contributed by atoms with Gasteiger partial charge in [0.25, 0.3) is 5.91 Å². The number of ketones is 1. The number of halogens is 4. The number of nitrogens with zero attached hydrogens (tertiary/aromatic N) is 6. The number of amides is 2. The molecule has 1 aliphatic heterocycles. The summed E-state index contributed by atoms with van der Waals surface area (Å²) >= 11 is 6.60. The summed E-state index contributed by atoms with van der Waals surface area (Å²) in [6.45, 7) is 0. The Bertz CT molecular complexity index is 1750. The maximum absolute atomic E-state index is 14.9. The summed E-state index contributed by atoms with van der Waals surface area (Å²) in [5, 5.41) is 19.1. The maximum atomic E-state index is 14.9. The SMILES string of the molecule is N#Cc1cc(F)cc(N(C(=O)[C@@H]2CCC(=O)N2c2nccc(C#N)n2)[C@H](C(=O)CCC2CCC(F)(F)CC2)c2ccccc2Cl)c1. The van der Waals surface area contributed by atoms with E-state index in [1.807, 2.05) is 12.1 Å². The van der Waals surface area contributed by atoms with Crippen LogP contribution in [0.4, 0.5) is 24.8 Å². The third kappa shape index (κ3) is 7.03. The number of carbonyl (C=O) groups excluding carboxylic acids is 3. The van der Waals surface area contributed by atoms with Gasteiger partial charge in [-0.3, -0.25) is 24.2 Å². The fraction of sp³-hybridized carbons (Fsp3) is 0.364. The van der Waals surface area contributed by atoms with Crippen molar-refractivity contribution in [3.63, 3.8) is 0 Å². The summed E-state index contributed by atoms with van der Waals surface area (Å²) in [5.74, 6) is -5.68. The van der Waals surface area contributed by atoms with E-state index in [0.29, 0.717) is 0 Å². The Morgan fingerprint density at radius 3 is 2.52 bits per heavy atom. The van der Waals surface area contributed by atoms with E-state index in [2.05, 4.69) is 9.97 Å². The highest BCUT2D eigenvalue weighted by molar-refractivity contribution is 6.31. The largest absolute Gasteiger partial charge is 0.297 e. The number of hydrogen-bond acceptors (Lipinski definition) is 7. The van der Waals surface area contributed by atoms with Gasteiger partial charge in [-0.15, -0.1) is 0 Å². The Labute approximate surface area is 268 Å². The molecule has 1 aliphatic carbocycles. The highest BCUT2D eigenvalue weighted by Crippen LogP contribution is 2.40. The normalized spacial score (nSPS) is 18.4. The van der Waals surface area contributed by atoms with Crippen molar-refractivity contribution in [2.24, 2.45) is 5.92 Å². The Hall–Kier alpha value is -4.81. The van der Waals surface area contributed by atoms with E-state index in [9.17, 15) is 38.1 Å². The van der Waals surface area contributed by atoms with E-state index in [-0.39, 0.29) is 90.8 Å². The number of nitriles is 2. The number of alkyl halides is 2. The minimum Gasteiger partial charge on any atom is -0.297 e. The number of rotatable bonds is 9. The Morgan fingerprint density at radius 2 is 1.83 bits per heavy atom. The van der Waals surface area contributed by atoms with Gasteiger partial charge in [0.05, 0.1) is 11.6 Å². The fourth-order valence-electron chi connectivity index (χ4n) is 6.06. The summed E-state index contributed by atoms with van der Waals surface area (Å²) in [5.41, 5.74) is -0.0611. The molecule has 0 unspecified atom stereocenters. The molecule has 3 aromatic rings. The molecule has 9 nitrogen and oxygen atoms in total. The standard InChI is InChI=1S/C33H28ClF3N6O3/c34-26-4-2-1-3-25(26)30(28(44)7-5-20-9-12-33(36,37)13-10-20)42(24-16-21(18-38)15-22(35)17-24)31(46)27-6-8-29(45)43(27)32-40-14-11-23(19-39)41-32/h1-4,11,14-17,20,27,30H,5-10,12-13H2/t27-,30-/m0/s1. The molecule has 0 bridgehead atoms. The predicted molar refractivity (Wildman–Crippen MR) is 161 cm³/mol.